The third-order valence-electron chi connectivity index (χ3n) is 3.80. The number of carbonyl (C=O) groups is 2. The van der Waals surface area contributed by atoms with E-state index in [2.05, 4.69) is 10.6 Å². The molecule has 0 aliphatic carbocycles. The van der Waals surface area contributed by atoms with Crippen LogP contribution in [0.25, 0.3) is 0 Å². The SMILES string of the molecule is CCC(=O)Nc1ccc(F)c(Cl)c1CO.CCC(=O)Nc1ccc(F)c(Cl)c1OC.[O]=[Mn]=[O]. The number of halogens is 4. The van der Waals surface area contributed by atoms with E-state index in [-0.39, 0.29) is 33.2 Å². The monoisotopic (exact) mass is 549 g/mol. The summed E-state index contributed by atoms with van der Waals surface area (Å²) in [4.78, 5) is 22.3. The molecule has 2 aromatic rings. The summed E-state index contributed by atoms with van der Waals surface area (Å²) in [5.74, 6) is -1.46. The molecule has 0 atom stereocenters. The summed E-state index contributed by atoms with van der Waals surface area (Å²) < 4.78 is 47.8. The molecule has 33 heavy (non-hydrogen) atoms. The molecule has 0 aliphatic heterocycles. The van der Waals surface area contributed by atoms with Gasteiger partial charge in [-0.15, -0.1) is 0 Å². The number of anilines is 2. The van der Waals surface area contributed by atoms with Gasteiger partial charge in [0.1, 0.15) is 16.7 Å². The van der Waals surface area contributed by atoms with Crippen LogP contribution in [-0.2, 0) is 38.7 Å². The summed E-state index contributed by atoms with van der Waals surface area (Å²) in [6.45, 7) is 2.99. The quantitative estimate of drug-likeness (QED) is 0.440. The summed E-state index contributed by atoms with van der Waals surface area (Å²) in [5, 5.41) is 13.8. The second-order valence-corrected chi connectivity index (χ2v) is 6.81. The molecule has 3 N–H and O–H groups in total. The molecule has 0 aliphatic rings. The van der Waals surface area contributed by atoms with Crippen LogP contribution in [-0.4, -0.2) is 24.0 Å². The Morgan fingerprint density at radius 2 is 1.36 bits per heavy atom. The van der Waals surface area contributed by atoms with E-state index >= 15 is 0 Å². The fourth-order valence-corrected chi connectivity index (χ4v) is 2.64. The molecule has 0 radical (unpaired) electrons. The molecule has 13 heteroatoms. The van der Waals surface area contributed by atoms with Crippen LogP contribution in [0.15, 0.2) is 24.3 Å². The number of nitrogens with one attached hydrogen (secondary N) is 2. The van der Waals surface area contributed by atoms with E-state index < -0.39 is 33.1 Å². The Hall–Kier alpha value is -2.30. The van der Waals surface area contributed by atoms with Crippen molar-refractivity contribution >= 4 is 46.4 Å². The second-order valence-electron chi connectivity index (χ2n) is 5.85. The number of methoxy groups -OCH3 is 1. The average molecular weight is 550 g/mol. The molecule has 2 amide bonds. The van der Waals surface area contributed by atoms with Gasteiger partial charge in [-0.1, -0.05) is 37.0 Å². The van der Waals surface area contributed by atoms with Crippen LogP contribution in [0.2, 0.25) is 10.0 Å². The van der Waals surface area contributed by atoms with Gasteiger partial charge < -0.3 is 20.5 Å². The molecule has 183 valence electrons. The minimum atomic E-state index is -1.44. The van der Waals surface area contributed by atoms with Crippen LogP contribution in [0.3, 0.4) is 0 Å². The molecule has 0 saturated carbocycles. The van der Waals surface area contributed by atoms with Gasteiger partial charge in [0.2, 0.25) is 11.8 Å². The van der Waals surface area contributed by atoms with Crippen LogP contribution in [0.5, 0.6) is 5.75 Å². The van der Waals surface area contributed by atoms with Gasteiger partial charge in [-0.2, -0.15) is 0 Å². The van der Waals surface area contributed by atoms with E-state index in [0.717, 1.165) is 6.07 Å². The second kappa shape index (κ2) is 16.3. The zero-order chi connectivity index (χ0) is 25.6. The first-order chi connectivity index (χ1) is 15.6. The van der Waals surface area contributed by atoms with Crippen LogP contribution in [0.1, 0.15) is 32.3 Å². The molecule has 0 heterocycles. The van der Waals surface area contributed by atoms with Crippen molar-refractivity contribution in [3.05, 3.63) is 51.5 Å². The van der Waals surface area contributed by atoms with Gasteiger partial charge in [0.25, 0.3) is 0 Å². The Morgan fingerprint density at radius 3 is 1.79 bits per heavy atom. The molecule has 0 spiro atoms. The maximum atomic E-state index is 13.0. The van der Waals surface area contributed by atoms with E-state index in [0.29, 0.717) is 24.2 Å². The minimum absolute atomic E-state index is 0.133. The number of amides is 2. The maximum absolute atomic E-state index is 13.0. The van der Waals surface area contributed by atoms with Gasteiger partial charge in [0.15, 0.2) is 5.75 Å². The Morgan fingerprint density at radius 1 is 0.939 bits per heavy atom. The number of ether oxygens (including phenoxy) is 1. The van der Waals surface area contributed by atoms with Crippen molar-refractivity contribution in [2.45, 2.75) is 33.3 Å². The first kappa shape index (κ1) is 30.7. The summed E-state index contributed by atoms with van der Waals surface area (Å²) in [7, 11) is 1.36. The van der Waals surface area contributed by atoms with Gasteiger partial charge >= 0.3 is 22.5 Å². The Labute approximate surface area is 205 Å². The van der Waals surface area contributed by atoms with Gasteiger partial charge in [-0.25, -0.2) is 8.78 Å². The number of carbonyl (C=O) groups excluding carboxylic acids is 2. The van der Waals surface area contributed by atoms with E-state index in [4.69, 9.17) is 40.7 Å². The number of aliphatic hydroxyl groups is 1. The standard InChI is InChI=1S/2C10H11ClFNO2.Mn.2O/c1-3-8(14)13-7-5-4-6(12)9(11)10(7)15-2;1-2-9(15)13-8-4-3-7(12)10(11)6(8)5-14;;;/h4-5H,3H2,1-2H3,(H,13,14);3-4,14H,2,5H2,1H3,(H,13,15);;;. The fourth-order valence-electron chi connectivity index (χ4n) is 2.17. The van der Waals surface area contributed by atoms with Gasteiger partial charge in [-0.3, -0.25) is 9.59 Å². The van der Waals surface area contributed by atoms with Crippen molar-refractivity contribution < 1.29 is 50.7 Å². The molecule has 0 fully saturated rings. The van der Waals surface area contributed by atoms with Crippen molar-refractivity contribution in [3.8, 4) is 5.75 Å². The summed E-state index contributed by atoms with van der Waals surface area (Å²) in [6.07, 6.45) is 0.637. The van der Waals surface area contributed by atoms with Gasteiger partial charge in [0.05, 0.1) is 24.4 Å². The van der Waals surface area contributed by atoms with Crippen molar-refractivity contribution in [1.82, 2.24) is 0 Å². The number of aliphatic hydroxyl groups excluding tert-OH is 1. The van der Waals surface area contributed by atoms with Crippen LogP contribution in [0, 0.1) is 11.6 Å². The number of hydrogen-bond acceptors (Lipinski definition) is 6. The van der Waals surface area contributed by atoms with Crippen LogP contribution in [0.4, 0.5) is 20.2 Å². The topological polar surface area (TPSA) is 122 Å². The zero-order valence-corrected chi connectivity index (χ0v) is 20.5. The molecule has 0 aromatic heterocycles. The Balaban J connectivity index is 0.000000555. The molecule has 2 rings (SSSR count). The predicted octanol–water partition coefficient (Wildman–Crippen LogP) is 4.92. The molecule has 8 nitrogen and oxygen atoms in total. The third-order valence-corrected chi connectivity index (χ3v) is 4.56. The van der Waals surface area contributed by atoms with Crippen LogP contribution < -0.4 is 15.4 Å². The molecular weight excluding hydrogens is 528 g/mol. The summed E-state index contributed by atoms with van der Waals surface area (Å²) in [6, 6.07) is 5.11. The normalized spacial score (nSPS) is 9.45. The van der Waals surface area contributed by atoms with E-state index in [1.807, 2.05) is 0 Å². The summed E-state index contributed by atoms with van der Waals surface area (Å²) >= 11 is 9.88. The molecule has 0 unspecified atom stereocenters. The average Bonchev–Trinajstić information content (AvgIpc) is 2.80. The fraction of sp³-hybridized carbons (Fsp3) is 0.300. The molecular formula is C20H22Cl2F2MnN2O6. The number of rotatable bonds is 6. The Kier molecular flexibility index (Phi) is 15.2. The van der Waals surface area contributed by atoms with Crippen molar-refractivity contribution in [1.29, 1.82) is 0 Å². The molecule has 0 saturated heterocycles. The first-order valence-corrected chi connectivity index (χ1v) is 10.9. The van der Waals surface area contributed by atoms with E-state index in [1.165, 1.54) is 25.3 Å². The first-order valence-electron chi connectivity index (χ1n) is 9.20. The van der Waals surface area contributed by atoms with Crippen molar-refractivity contribution in [3.63, 3.8) is 0 Å². The molecule has 0 bridgehead atoms. The van der Waals surface area contributed by atoms with Gasteiger partial charge in [0, 0.05) is 24.1 Å². The van der Waals surface area contributed by atoms with Crippen LogP contribution >= 0.6 is 23.2 Å². The number of benzene rings is 2. The predicted molar refractivity (Wildman–Crippen MR) is 115 cm³/mol. The van der Waals surface area contributed by atoms with E-state index in [9.17, 15) is 18.4 Å². The third kappa shape index (κ3) is 10.0. The van der Waals surface area contributed by atoms with Crippen molar-refractivity contribution in [2.24, 2.45) is 0 Å². The Bertz CT molecular complexity index is 932. The number of hydrogen-bond donors (Lipinski definition) is 3. The van der Waals surface area contributed by atoms with E-state index in [1.54, 1.807) is 13.8 Å². The van der Waals surface area contributed by atoms with Gasteiger partial charge in [-0.05, 0) is 24.3 Å². The van der Waals surface area contributed by atoms with Crippen molar-refractivity contribution in [2.75, 3.05) is 17.7 Å². The zero-order valence-electron chi connectivity index (χ0n) is 17.8. The summed E-state index contributed by atoms with van der Waals surface area (Å²) in [5.41, 5.74) is 0.907. The molecule has 2 aromatic carbocycles.